The lowest BCUT2D eigenvalue weighted by Crippen LogP contribution is -2.43. The number of hydrogen-bond acceptors (Lipinski definition) is 2. The zero-order valence-corrected chi connectivity index (χ0v) is 11.1. The third-order valence-corrected chi connectivity index (χ3v) is 2.55. The van der Waals surface area contributed by atoms with Gasteiger partial charge in [0.1, 0.15) is 0 Å². The van der Waals surface area contributed by atoms with E-state index in [0.717, 1.165) is 6.42 Å². The van der Waals surface area contributed by atoms with Crippen LogP contribution >= 0.6 is 0 Å². The third kappa shape index (κ3) is 7.60. The molecule has 0 rings (SSSR count). The van der Waals surface area contributed by atoms with Crippen LogP contribution in [0.15, 0.2) is 0 Å². The number of nitrogens with one attached hydrogen (secondary N) is 2. The van der Waals surface area contributed by atoms with Crippen molar-refractivity contribution in [2.24, 2.45) is 11.8 Å². The monoisotopic (exact) mass is 244 g/mol. The molecule has 5 nitrogen and oxygen atoms in total. The maximum Gasteiger partial charge on any atom is 0.315 e. The van der Waals surface area contributed by atoms with Crippen LogP contribution in [0.1, 0.15) is 40.5 Å². The molecule has 0 fully saturated rings. The molecule has 0 aliphatic heterocycles. The molecule has 0 aromatic heterocycles. The van der Waals surface area contributed by atoms with Crippen LogP contribution in [0.5, 0.6) is 0 Å². The Morgan fingerprint density at radius 3 is 2.24 bits per heavy atom. The highest BCUT2D eigenvalue weighted by Gasteiger charge is 2.16. The van der Waals surface area contributed by atoms with Crippen molar-refractivity contribution in [2.75, 3.05) is 6.54 Å². The molecule has 0 bridgehead atoms. The molecule has 0 aromatic rings. The molecular weight excluding hydrogens is 220 g/mol. The number of rotatable bonds is 7. The number of carbonyl (C=O) groups is 2. The first-order valence-electron chi connectivity index (χ1n) is 6.13. The maximum absolute atomic E-state index is 11.5. The average Bonchev–Trinajstić information content (AvgIpc) is 2.16. The van der Waals surface area contributed by atoms with Gasteiger partial charge in [-0.1, -0.05) is 20.8 Å². The Kier molecular flexibility index (Phi) is 7.34. The first kappa shape index (κ1) is 15.7. The van der Waals surface area contributed by atoms with Crippen molar-refractivity contribution in [3.05, 3.63) is 0 Å². The molecule has 0 aliphatic rings. The van der Waals surface area contributed by atoms with E-state index in [0.29, 0.717) is 12.3 Å². The van der Waals surface area contributed by atoms with Crippen LogP contribution in [-0.2, 0) is 4.79 Å². The molecule has 0 saturated heterocycles. The summed E-state index contributed by atoms with van der Waals surface area (Å²) in [4.78, 5) is 22.2. The van der Waals surface area contributed by atoms with Gasteiger partial charge >= 0.3 is 12.0 Å². The van der Waals surface area contributed by atoms with Gasteiger partial charge in [-0.15, -0.1) is 0 Å². The van der Waals surface area contributed by atoms with Crippen molar-refractivity contribution in [1.29, 1.82) is 0 Å². The van der Waals surface area contributed by atoms with E-state index < -0.39 is 11.9 Å². The molecule has 2 unspecified atom stereocenters. The van der Waals surface area contributed by atoms with Crippen molar-refractivity contribution in [1.82, 2.24) is 10.6 Å². The highest BCUT2D eigenvalue weighted by atomic mass is 16.4. The molecule has 0 saturated carbocycles. The van der Waals surface area contributed by atoms with E-state index in [1.165, 1.54) is 0 Å². The smallest absolute Gasteiger partial charge is 0.315 e. The second kappa shape index (κ2) is 7.92. The van der Waals surface area contributed by atoms with Crippen LogP contribution in [0, 0.1) is 11.8 Å². The molecule has 2 atom stereocenters. The van der Waals surface area contributed by atoms with Gasteiger partial charge in [-0.05, 0) is 25.7 Å². The van der Waals surface area contributed by atoms with Crippen LogP contribution in [0.3, 0.4) is 0 Å². The number of carboxylic acid groups (broad SMARTS) is 1. The molecule has 0 heterocycles. The van der Waals surface area contributed by atoms with E-state index in [1.54, 1.807) is 6.92 Å². The third-order valence-electron chi connectivity index (χ3n) is 2.55. The first-order valence-corrected chi connectivity index (χ1v) is 6.13. The number of aliphatic carboxylic acids is 1. The zero-order valence-electron chi connectivity index (χ0n) is 11.1. The zero-order chi connectivity index (χ0) is 13.4. The minimum Gasteiger partial charge on any atom is -0.481 e. The van der Waals surface area contributed by atoms with Crippen molar-refractivity contribution >= 4 is 12.0 Å². The summed E-state index contributed by atoms with van der Waals surface area (Å²) >= 11 is 0. The summed E-state index contributed by atoms with van der Waals surface area (Å²) in [7, 11) is 0. The van der Waals surface area contributed by atoms with Gasteiger partial charge in [-0.2, -0.15) is 0 Å². The molecule has 3 N–H and O–H groups in total. The number of carboxylic acids is 1. The van der Waals surface area contributed by atoms with E-state index in [2.05, 4.69) is 24.5 Å². The number of hydrogen-bond donors (Lipinski definition) is 3. The molecule has 0 spiro atoms. The van der Waals surface area contributed by atoms with Gasteiger partial charge in [-0.25, -0.2) is 4.79 Å². The Morgan fingerprint density at radius 2 is 1.82 bits per heavy atom. The first-order chi connectivity index (χ1) is 7.86. The van der Waals surface area contributed by atoms with Crippen molar-refractivity contribution in [2.45, 2.75) is 46.6 Å². The number of carbonyl (C=O) groups excluding carboxylic acids is 1. The second-order valence-electron chi connectivity index (χ2n) is 4.83. The van der Waals surface area contributed by atoms with Crippen molar-refractivity contribution in [3.63, 3.8) is 0 Å². The van der Waals surface area contributed by atoms with Gasteiger partial charge in [0.15, 0.2) is 0 Å². The Labute approximate surface area is 103 Å². The summed E-state index contributed by atoms with van der Waals surface area (Å²) in [5.74, 6) is -0.864. The predicted octanol–water partition coefficient (Wildman–Crippen LogP) is 1.83. The highest BCUT2D eigenvalue weighted by molar-refractivity contribution is 5.76. The normalized spacial score (nSPS) is 14.2. The van der Waals surface area contributed by atoms with E-state index >= 15 is 0 Å². The quantitative estimate of drug-likeness (QED) is 0.639. The fourth-order valence-electron chi connectivity index (χ4n) is 1.66. The minimum atomic E-state index is -0.872. The second-order valence-corrected chi connectivity index (χ2v) is 4.83. The molecule has 0 aliphatic carbocycles. The highest BCUT2D eigenvalue weighted by Crippen LogP contribution is 2.04. The Hall–Kier alpha value is -1.26. The van der Waals surface area contributed by atoms with Gasteiger partial charge in [-0.3, -0.25) is 4.79 Å². The van der Waals surface area contributed by atoms with E-state index in [1.807, 2.05) is 6.92 Å². The van der Waals surface area contributed by atoms with Crippen LogP contribution in [-0.4, -0.2) is 29.7 Å². The van der Waals surface area contributed by atoms with Gasteiger partial charge in [0.05, 0.1) is 5.92 Å². The van der Waals surface area contributed by atoms with Gasteiger partial charge < -0.3 is 15.7 Å². The summed E-state index contributed by atoms with van der Waals surface area (Å²) in [6.07, 6.45) is 1.42. The lowest BCUT2D eigenvalue weighted by atomic mass is 10.1. The van der Waals surface area contributed by atoms with Crippen LogP contribution in [0.25, 0.3) is 0 Å². The lowest BCUT2D eigenvalue weighted by Gasteiger charge is -2.17. The van der Waals surface area contributed by atoms with Gasteiger partial charge in [0.2, 0.25) is 0 Å². The van der Waals surface area contributed by atoms with Crippen LogP contribution < -0.4 is 10.6 Å². The molecular formula is C12H24N2O3. The molecule has 0 aromatic carbocycles. The Bertz CT molecular complexity index is 254. The van der Waals surface area contributed by atoms with Crippen LogP contribution in [0.4, 0.5) is 4.79 Å². The molecule has 17 heavy (non-hydrogen) atoms. The summed E-state index contributed by atoms with van der Waals surface area (Å²) in [5, 5.41) is 14.2. The maximum atomic E-state index is 11.5. The summed E-state index contributed by atoms with van der Waals surface area (Å²) in [6.45, 7) is 8.08. The molecule has 0 radical (unpaired) electrons. The fourth-order valence-corrected chi connectivity index (χ4v) is 1.66. The predicted molar refractivity (Wildman–Crippen MR) is 66.9 cm³/mol. The Balaban J connectivity index is 3.90. The van der Waals surface area contributed by atoms with E-state index in [-0.39, 0.29) is 18.6 Å². The largest absolute Gasteiger partial charge is 0.481 e. The number of urea groups is 1. The van der Waals surface area contributed by atoms with Gasteiger partial charge in [0.25, 0.3) is 0 Å². The summed E-state index contributed by atoms with van der Waals surface area (Å²) in [5.41, 5.74) is 0. The molecule has 100 valence electrons. The Morgan fingerprint density at radius 1 is 1.24 bits per heavy atom. The van der Waals surface area contributed by atoms with Crippen LogP contribution in [0.2, 0.25) is 0 Å². The molecule has 2 amide bonds. The van der Waals surface area contributed by atoms with Crippen molar-refractivity contribution < 1.29 is 14.7 Å². The average molecular weight is 244 g/mol. The van der Waals surface area contributed by atoms with E-state index in [4.69, 9.17) is 5.11 Å². The summed E-state index contributed by atoms with van der Waals surface area (Å²) < 4.78 is 0. The van der Waals surface area contributed by atoms with Crippen molar-refractivity contribution in [3.8, 4) is 0 Å². The SMILES string of the molecule is CCC(CNC(=O)NC(C)CC(C)C)C(=O)O. The number of amides is 2. The standard InChI is InChI=1S/C12H24N2O3/c1-5-10(11(15)16)7-13-12(17)14-9(4)6-8(2)3/h8-10H,5-7H2,1-4H3,(H,15,16)(H2,13,14,17). The lowest BCUT2D eigenvalue weighted by molar-refractivity contribution is -0.141. The molecule has 5 heteroatoms. The van der Waals surface area contributed by atoms with Gasteiger partial charge in [0, 0.05) is 12.6 Å². The van der Waals surface area contributed by atoms with E-state index in [9.17, 15) is 9.59 Å². The summed E-state index contributed by atoms with van der Waals surface area (Å²) in [6, 6.07) is -0.197. The topological polar surface area (TPSA) is 78.4 Å². The fraction of sp³-hybridized carbons (Fsp3) is 0.833. The minimum absolute atomic E-state index is 0.0971.